The molecule has 1 N–H and O–H groups in total. The van der Waals surface area contributed by atoms with Crippen LogP contribution in [0, 0.1) is 0 Å². The van der Waals surface area contributed by atoms with Gasteiger partial charge >= 0.3 is 6.18 Å². The van der Waals surface area contributed by atoms with Crippen LogP contribution in [-0.4, -0.2) is 39.6 Å². The molecule has 0 aliphatic heterocycles. The summed E-state index contributed by atoms with van der Waals surface area (Å²) < 4.78 is 40.7. The van der Waals surface area contributed by atoms with Crippen molar-refractivity contribution in [3.63, 3.8) is 0 Å². The first-order valence-corrected chi connectivity index (χ1v) is 9.50. The van der Waals surface area contributed by atoms with E-state index in [0.717, 1.165) is 4.68 Å². The number of nitrogens with one attached hydrogen (secondary N) is 1. The van der Waals surface area contributed by atoms with E-state index in [-0.39, 0.29) is 28.9 Å². The van der Waals surface area contributed by atoms with E-state index in [2.05, 4.69) is 10.4 Å². The van der Waals surface area contributed by atoms with Crippen molar-refractivity contribution in [2.24, 2.45) is 0 Å². The highest BCUT2D eigenvalue weighted by molar-refractivity contribution is 6.08. The van der Waals surface area contributed by atoms with Crippen molar-refractivity contribution in [1.29, 1.82) is 0 Å². The zero-order valence-electron chi connectivity index (χ0n) is 17.1. The first-order valence-electron chi connectivity index (χ1n) is 9.50. The fourth-order valence-corrected chi connectivity index (χ4v) is 2.84. The molecular weight excluding hydrogens is 409 g/mol. The predicted molar refractivity (Wildman–Crippen MR) is 110 cm³/mol. The standard InChI is InChI=1S/C22H21F3N4O2/c1-14(2)28(3)21(31)16-11-7-8-12-17(16)26-20(30)18-13-19(22(23,24)25)27-29(18)15-9-5-4-6-10-15/h4-14H,1-3H3,(H,26,30). The smallest absolute Gasteiger partial charge is 0.339 e. The summed E-state index contributed by atoms with van der Waals surface area (Å²) in [5.74, 6) is -1.14. The minimum absolute atomic E-state index is 0.0786. The van der Waals surface area contributed by atoms with E-state index in [1.165, 1.54) is 11.0 Å². The summed E-state index contributed by atoms with van der Waals surface area (Å²) in [6.07, 6.45) is -4.72. The number of nitrogens with zero attached hydrogens (tertiary/aromatic N) is 3. The Morgan fingerprint density at radius 2 is 1.65 bits per heavy atom. The summed E-state index contributed by atoms with van der Waals surface area (Å²) in [5.41, 5.74) is -0.774. The van der Waals surface area contributed by atoms with Gasteiger partial charge in [0.25, 0.3) is 11.8 Å². The molecule has 0 spiro atoms. The average Bonchev–Trinajstić information content (AvgIpc) is 3.20. The van der Waals surface area contributed by atoms with Crippen LogP contribution in [0.4, 0.5) is 18.9 Å². The Kier molecular flexibility index (Phi) is 6.14. The van der Waals surface area contributed by atoms with Gasteiger partial charge in [-0.25, -0.2) is 4.68 Å². The van der Waals surface area contributed by atoms with Crippen LogP contribution in [0.3, 0.4) is 0 Å². The van der Waals surface area contributed by atoms with Crippen molar-refractivity contribution in [3.05, 3.63) is 77.6 Å². The van der Waals surface area contributed by atoms with Crippen molar-refractivity contribution >= 4 is 17.5 Å². The second-order valence-corrected chi connectivity index (χ2v) is 7.17. The van der Waals surface area contributed by atoms with Gasteiger partial charge < -0.3 is 10.2 Å². The van der Waals surface area contributed by atoms with E-state index in [4.69, 9.17) is 0 Å². The second-order valence-electron chi connectivity index (χ2n) is 7.17. The molecule has 0 atom stereocenters. The van der Waals surface area contributed by atoms with Crippen molar-refractivity contribution in [3.8, 4) is 5.69 Å². The van der Waals surface area contributed by atoms with E-state index in [1.807, 2.05) is 13.8 Å². The highest BCUT2D eigenvalue weighted by atomic mass is 19.4. The number of alkyl halides is 3. The van der Waals surface area contributed by atoms with E-state index >= 15 is 0 Å². The molecule has 0 saturated carbocycles. The number of carbonyl (C=O) groups excluding carboxylic acids is 2. The van der Waals surface area contributed by atoms with Gasteiger partial charge in [-0.1, -0.05) is 30.3 Å². The van der Waals surface area contributed by atoms with Crippen LogP contribution in [0.15, 0.2) is 60.7 Å². The van der Waals surface area contributed by atoms with Gasteiger partial charge in [-0.3, -0.25) is 9.59 Å². The lowest BCUT2D eigenvalue weighted by atomic mass is 10.1. The number of rotatable bonds is 5. The highest BCUT2D eigenvalue weighted by Gasteiger charge is 2.36. The highest BCUT2D eigenvalue weighted by Crippen LogP contribution is 2.30. The van der Waals surface area contributed by atoms with E-state index in [1.54, 1.807) is 55.6 Å². The average molecular weight is 430 g/mol. The molecule has 0 aliphatic carbocycles. The largest absolute Gasteiger partial charge is 0.435 e. The topological polar surface area (TPSA) is 67.2 Å². The number of para-hydroxylation sites is 2. The normalized spacial score (nSPS) is 11.5. The summed E-state index contributed by atoms with van der Waals surface area (Å²) in [6, 6.07) is 15.0. The third kappa shape index (κ3) is 4.76. The van der Waals surface area contributed by atoms with Crippen LogP contribution in [0.5, 0.6) is 0 Å². The molecule has 0 unspecified atom stereocenters. The third-order valence-corrected chi connectivity index (χ3v) is 4.73. The minimum Gasteiger partial charge on any atom is -0.339 e. The van der Waals surface area contributed by atoms with E-state index in [9.17, 15) is 22.8 Å². The molecule has 3 aromatic rings. The van der Waals surface area contributed by atoms with E-state index in [0.29, 0.717) is 11.8 Å². The number of hydrogen-bond acceptors (Lipinski definition) is 3. The number of benzene rings is 2. The van der Waals surface area contributed by atoms with Gasteiger partial charge in [0.1, 0.15) is 5.69 Å². The maximum atomic E-state index is 13.3. The Bertz CT molecular complexity index is 1090. The van der Waals surface area contributed by atoms with Crippen LogP contribution in [0.1, 0.15) is 40.4 Å². The minimum atomic E-state index is -4.72. The Balaban J connectivity index is 2.00. The monoisotopic (exact) mass is 430 g/mol. The summed E-state index contributed by atoms with van der Waals surface area (Å²) in [7, 11) is 1.63. The number of anilines is 1. The van der Waals surface area contributed by atoms with Gasteiger partial charge in [-0.05, 0) is 38.1 Å². The Morgan fingerprint density at radius 3 is 2.26 bits per heavy atom. The Hall–Kier alpha value is -3.62. The van der Waals surface area contributed by atoms with Gasteiger partial charge in [0.05, 0.1) is 16.9 Å². The lowest BCUT2D eigenvalue weighted by Crippen LogP contribution is -2.33. The summed E-state index contributed by atoms with van der Waals surface area (Å²) in [5, 5.41) is 6.14. The molecular formula is C22H21F3N4O2. The Labute approximate surface area is 177 Å². The number of aromatic nitrogens is 2. The third-order valence-electron chi connectivity index (χ3n) is 4.73. The molecule has 0 fully saturated rings. The number of halogens is 3. The molecule has 2 aromatic carbocycles. The van der Waals surface area contributed by atoms with Crippen molar-refractivity contribution in [2.45, 2.75) is 26.1 Å². The molecule has 162 valence electrons. The molecule has 0 aliphatic rings. The van der Waals surface area contributed by atoms with Gasteiger partial charge in [-0.15, -0.1) is 0 Å². The number of amides is 2. The summed E-state index contributed by atoms with van der Waals surface area (Å²) in [6.45, 7) is 3.69. The molecule has 0 radical (unpaired) electrons. The second kappa shape index (κ2) is 8.63. The molecule has 0 saturated heterocycles. The van der Waals surface area contributed by atoms with Gasteiger partial charge in [0, 0.05) is 19.2 Å². The van der Waals surface area contributed by atoms with E-state index < -0.39 is 17.8 Å². The quantitative estimate of drug-likeness (QED) is 0.642. The molecule has 31 heavy (non-hydrogen) atoms. The lowest BCUT2D eigenvalue weighted by molar-refractivity contribution is -0.141. The summed E-state index contributed by atoms with van der Waals surface area (Å²) >= 11 is 0. The number of carbonyl (C=O) groups is 2. The molecule has 2 amide bonds. The summed E-state index contributed by atoms with van der Waals surface area (Å²) in [4.78, 5) is 27.2. The molecule has 3 rings (SSSR count). The van der Waals surface area contributed by atoms with Crippen LogP contribution in [-0.2, 0) is 6.18 Å². The fraction of sp³-hybridized carbons (Fsp3) is 0.227. The lowest BCUT2D eigenvalue weighted by Gasteiger charge is -2.22. The van der Waals surface area contributed by atoms with Crippen molar-refractivity contribution in [2.75, 3.05) is 12.4 Å². The molecule has 1 aromatic heterocycles. The Morgan fingerprint density at radius 1 is 1.03 bits per heavy atom. The van der Waals surface area contributed by atoms with Crippen LogP contribution in [0.25, 0.3) is 5.69 Å². The maximum Gasteiger partial charge on any atom is 0.435 e. The number of hydrogen-bond donors (Lipinski definition) is 1. The van der Waals surface area contributed by atoms with Gasteiger partial charge in [0.2, 0.25) is 0 Å². The SMILES string of the molecule is CC(C)N(C)C(=O)c1ccccc1NC(=O)c1cc(C(F)(F)F)nn1-c1ccccc1. The first kappa shape index (κ1) is 22.1. The molecule has 1 heterocycles. The zero-order valence-corrected chi connectivity index (χ0v) is 17.1. The molecule has 6 nitrogen and oxygen atoms in total. The maximum absolute atomic E-state index is 13.3. The van der Waals surface area contributed by atoms with Crippen LogP contribution in [0.2, 0.25) is 0 Å². The van der Waals surface area contributed by atoms with Crippen molar-refractivity contribution < 1.29 is 22.8 Å². The molecule has 9 heteroatoms. The predicted octanol–water partition coefficient (Wildman–Crippen LogP) is 4.62. The zero-order chi connectivity index (χ0) is 22.8. The molecule has 0 bridgehead atoms. The van der Waals surface area contributed by atoms with Crippen LogP contribution >= 0.6 is 0 Å². The van der Waals surface area contributed by atoms with Crippen LogP contribution < -0.4 is 5.32 Å². The van der Waals surface area contributed by atoms with Gasteiger partial charge in [-0.2, -0.15) is 18.3 Å². The van der Waals surface area contributed by atoms with Crippen molar-refractivity contribution in [1.82, 2.24) is 14.7 Å². The fourth-order valence-electron chi connectivity index (χ4n) is 2.84. The van der Waals surface area contributed by atoms with Gasteiger partial charge in [0.15, 0.2) is 5.69 Å². The first-order chi connectivity index (χ1) is 14.6.